The molecule has 34 heavy (non-hydrogen) atoms. The number of rotatable bonds is 8. The van der Waals surface area contributed by atoms with Crippen LogP contribution in [0.4, 0.5) is 0 Å². The fraction of sp³-hybridized carbons (Fsp3) is 0.280. The molecule has 2 atom stereocenters. The van der Waals surface area contributed by atoms with Gasteiger partial charge in [0.25, 0.3) is 0 Å². The number of esters is 2. The minimum atomic E-state index is -0.411. The number of carbonyl (C=O) groups is 2. The van der Waals surface area contributed by atoms with Crippen molar-refractivity contribution in [1.29, 1.82) is 0 Å². The van der Waals surface area contributed by atoms with E-state index in [1.165, 1.54) is 14.2 Å². The van der Waals surface area contributed by atoms with Crippen LogP contribution in [0.2, 0.25) is 0 Å². The monoisotopic (exact) mass is 479 g/mol. The third kappa shape index (κ3) is 4.94. The molecule has 1 aliphatic rings. The number of benzene rings is 1. The molecule has 3 aromatic rings. The van der Waals surface area contributed by atoms with Crippen LogP contribution >= 0.6 is 12.2 Å². The van der Waals surface area contributed by atoms with Gasteiger partial charge in [0.2, 0.25) is 0 Å². The van der Waals surface area contributed by atoms with Crippen molar-refractivity contribution in [2.24, 2.45) is 0 Å². The number of pyridine rings is 1. The minimum Gasteiger partial charge on any atom is -0.469 e. The second-order valence-corrected chi connectivity index (χ2v) is 8.16. The van der Waals surface area contributed by atoms with Gasteiger partial charge in [0, 0.05) is 24.7 Å². The first-order valence-corrected chi connectivity index (χ1v) is 11.3. The Labute approximate surface area is 202 Å². The molecular formula is C25H25N3O5S. The predicted octanol–water partition coefficient (Wildman–Crippen LogP) is 4.05. The minimum absolute atomic E-state index is 0.229. The van der Waals surface area contributed by atoms with Crippen molar-refractivity contribution in [2.75, 3.05) is 20.8 Å². The van der Waals surface area contributed by atoms with Crippen molar-refractivity contribution in [3.63, 3.8) is 0 Å². The summed E-state index contributed by atoms with van der Waals surface area (Å²) < 4.78 is 15.9. The summed E-state index contributed by atoms with van der Waals surface area (Å²) in [4.78, 5) is 30.1. The van der Waals surface area contributed by atoms with E-state index in [0.717, 1.165) is 11.3 Å². The van der Waals surface area contributed by atoms with Crippen LogP contribution < -0.4 is 5.32 Å². The summed E-state index contributed by atoms with van der Waals surface area (Å²) in [6.07, 6.45) is 2.61. The van der Waals surface area contributed by atoms with E-state index >= 15 is 0 Å². The normalized spacial score (nSPS) is 17.4. The van der Waals surface area contributed by atoms with Gasteiger partial charge in [-0.15, -0.1) is 0 Å². The molecule has 1 N–H and O–H groups in total. The second-order valence-electron chi connectivity index (χ2n) is 7.77. The lowest BCUT2D eigenvalue weighted by molar-refractivity contribution is -0.140. The van der Waals surface area contributed by atoms with E-state index in [-0.39, 0.29) is 18.1 Å². The van der Waals surface area contributed by atoms with Crippen molar-refractivity contribution in [3.8, 4) is 11.3 Å². The first-order valence-electron chi connectivity index (χ1n) is 10.8. The third-order valence-corrected chi connectivity index (χ3v) is 6.04. The Morgan fingerprint density at radius 3 is 2.71 bits per heavy atom. The zero-order valence-electron chi connectivity index (χ0n) is 18.9. The number of hydrogen-bond donors (Lipinski definition) is 1. The highest BCUT2D eigenvalue weighted by atomic mass is 32.1. The van der Waals surface area contributed by atoms with Crippen LogP contribution in [0.25, 0.3) is 11.3 Å². The molecule has 8 nitrogen and oxygen atoms in total. The first-order chi connectivity index (χ1) is 16.5. The van der Waals surface area contributed by atoms with Gasteiger partial charge < -0.3 is 24.1 Å². The predicted molar refractivity (Wildman–Crippen MR) is 129 cm³/mol. The van der Waals surface area contributed by atoms with Crippen LogP contribution in [0.1, 0.15) is 46.7 Å². The molecule has 4 rings (SSSR count). The van der Waals surface area contributed by atoms with Gasteiger partial charge >= 0.3 is 11.9 Å². The average molecular weight is 480 g/mol. The lowest BCUT2D eigenvalue weighted by atomic mass is 10.0. The topological polar surface area (TPSA) is 93.9 Å². The molecule has 0 bridgehead atoms. The molecule has 0 unspecified atom stereocenters. The lowest BCUT2D eigenvalue weighted by Crippen LogP contribution is -2.30. The van der Waals surface area contributed by atoms with Crippen molar-refractivity contribution in [3.05, 3.63) is 77.8 Å². The van der Waals surface area contributed by atoms with E-state index in [9.17, 15) is 9.59 Å². The Morgan fingerprint density at radius 2 is 1.97 bits per heavy atom. The summed E-state index contributed by atoms with van der Waals surface area (Å²) in [5.74, 6) is 0.639. The fourth-order valence-electron chi connectivity index (χ4n) is 4.04. The molecule has 1 aliphatic heterocycles. The second kappa shape index (κ2) is 10.5. The van der Waals surface area contributed by atoms with E-state index < -0.39 is 5.97 Å². The standard InChI is InChI=1S/C25H25N3O5S/c1-31-21(29)10-6-14-28-23(22(27-25(28)34)18-9-3-4-13-26-18)20-12-11-19(33-20)16-7-5-8-17(15-16)24(30)32-2/h3-5,7-9,11-13,15,22-23H,6,10,14H2,1-2H3,(H,27,34)/t22-,23+/m0/s1. The SMILES string of the molecule is COC(=O)CCCN1C(=S)N[C@@H](c2ccccn2)[C@H]1c1ccc(-c2cccc(C(=O)OC)c2)o1. The maximum Gasteiger partial charge on any atom is 0.337 e. The number of nitrogens with one attached hydrogen (secondary N) is 1. The number of ether oxygens (including phenoxy) is 2. The van der Waals surface area contributed by atoms with Crippen LogP contribution in [0.3, 0.4) is 0 Å². The van der Waals surface area contributed by atoms with E-state index in [4.69, 9.17) is 26.1 Å². The van der Waals surface area contributed by atoms with Crippen LogP contribution in [0, 0.1) is 0 Å². The highest BCUT2D eigenvalue weighted by Gasteiger charge is 2.41. The molecule has 1 saturated heterocycles. The molecular weight excluding hydrogens is 454 g/mol. The summed E-state index contributed by atoms with van der Waals surface area (Å²) >= 11 is 5.64. The number of thiocarbonyl (C=S) groups is 1. The number of aromatic nitrogens is 1. The number of methoxy groups -OCH3 is 2. The zero-order valence-corrected chi connectivity index (χ0v) is 19.7. The maximum atomic E-state index is 11.9. The first kappa shape index (κ1) is 23.4. The molecule has 1 fully saturated rings. The van der Waals surface area contributed by atoms with Gasteiger partial charge in [-0.25, -0.2) is 4.79 Å². The summed E-state index contributed by atoms with van der Waals surface area (Å²) in [5, 5.41) is 3.93. The van der Waals surface area contributed by atoms with Crippen LogP contribution in [0.5, 0.6) is 0 Å². The summed E-state index contributed by atoms with van der Waals surface area (Å²) in [6.45, 7) is 0.544. The molecule has 3 heterocycles. The molecule has 2 aromatic heterocycles. The quantitative estimate of drug-likeness (QED) is 0.379. The number of carbonyl (C=O) groups excluding carboxylic acids is 2. The lowest BCUT2D eigenvalue weighted by Gasteiger charge is -2.25. The van der Waals surface area contributed by atoms with Gasteiger partial charge in [0.05, 0.1) is 31.5 Å². The Bertz CT molecular complexity index is 1180. The van der Waals surface area contributed by atoms with E-state index in [0.29, 0.717) is 41.6 Å². The van der Waals surface area contributed by atoms with E-state index in [1.807, 2.05) is 41.3 Å². The van der Waals surface area contributed by atoms with Crippen LogP contribution in [-0.4, -0.2) is 47.7 Å². The number of nitrogens with zero attached hydrogens (tertiary/aromatic N) is 2. The van der Waals surface area contributed by atoms with Crippen molar-refractivity contribution in [2.45, 2.75) is 24.9 Å². The molecule has 176 valence electrons. The molecule has 9 heteroatoms. The third-order valence-electron chi connectivity index (χ3n) is 5.69. The van der Waals surface area contributed by atoms with Gasteiger partial charge in [0.15, 0.2) is 5.11 Å². The van der Waals surface area contributed by atoms with E-state index in [1.54, 1.807) is 24.4 Å². The van der Waals surface area contributed by atoms with Gasteiger partial charge in [-0.3, -0.25) is 9.78 Å². The largest absolute Gasteiger partial charge is 0.469 e. The summed E-state index contributed by atoms with van der Waals surface area (Å²) in [5.41, 5.74) is 2.03. The van der Waals surface area contributed by atoms with Gasteiger partial charge in [-0.05, 0) is 55.0 Å². The summed E-state index contributed by atoms with van der Waals surface area (Å²) in [6, 6.07) is 16.1. The van der Waals surface area contributed by atoms with Crippen molar-refractivity contribution < 1.29 is 23.5 Å². The van der Waals surface area contributed by atoms with Gasteiger partial charge in [0.1, 0.15) is 17.6 Å². The molecule has 0 radical (unpaired) electrons. The Hall–Kier alpha value is -3.72. The Balaban J connectivity index is 1.65. The van der Waals surface area contributed by atoms with Crippen LogP contribution in [0.15, 0.2) is 65.2 Å². The highest BCUT2D eigenvalue weighted by molar-refractivity contribution is 7.80. The van der Waals surface area contributed by atoms with Gasteiger partial charge in [-0.2, -0.15) is 0 Å². The van der Waals surface area contributed by atoms with Gasteiger partial charge in [-0.1, -0.05) is 18.2 Å². The van der Waals surface area contributed by atoms with E-state index in [2.05, 4.69) is 10.3 Å². The average Bonchev–Trinajstić information content (AvgIpc) is 3.49. The van der Waals surface area contributed by atoms with Crippen molar-refractivity contribution in [1.82, 2.24) is 15.2 Å². The molecule has 1 aromatic carbocycles. The highest BCUT2D eigenvalue weighted by Crippen LogP contribution is 2.40. The number of furan rings is 1. The number of hydrogen-bond acceptors (Lipinski definition) is 7. The fourth-order valence-corrected chi connectivity index (χ4v) is 4.37. The van der Waals surface area contributed by atoms with Crippen LogP contribution in [-0.2, 0) is 14.3 Å². The zero-order chi connectivity index (χ0) is 24.1. The molecule has 0 amide bonds. The molecule has 0 aliphatic carbocycles. The molecule has 0 saturated carbocycles. The van der Waals surface area contributed by atoms with Crippen molar-refractivity contribution >= 4 is 29.3 Å². The maximum absolute atomic E-state index is 11.9. The Morgan fingerprint density at radius 1 is 1.12 bits per heavy atom. The Kier molecular flexibility index (Phi) is 7.22. The molecule has 0 spiro atoms. The summed E-state index contributed by atoms with van der Waals surface area (Å²) in [7, 11) is 2.73. The smallest absolute Gasteiger partial charge is 0.337 e.